The van der Waals surface area contributed by atoms with Gasteiger partial charge in [-0.05, 0) is 28.8 Å². The second kappa shape index (κ2) is 5.07. The molecule has 0 saturated carbocycles. The van der Waals surface area contributed by atoms with Gasteiger partial charge >= 0.3 is 0 Å². The van der Waals surface area contributed by atoms with Crippen LogP contribution in [0.5, 0.6) is 0 Å². The van der Waals surface area contributed by atoms with E-state index >= 15 is 0 Å². The Morgan fingerprint density at radius 1 is 1.35 bits per heavy atom. The molecule has 8 heteroatoms. The smallest absolute Gasteiger partial charge is 0.150 e. The SMILES string of the molecule is O=S1(=O)CCC(Nc2ncnc(Cl)c2Br)CC1. The van der Waals surface area contributed by atoms with Gasteiger partial charge in [0.25, 0.3) is 0 Å². The molecule has 1 saturated heterocycles. The molecule has 5 nitrogen and oxygen atoms in total. The van der Waals surface area contributed by atoms with Crippen molar-refractivity contribution in [3.63, 3.8) is 0 Å². The Balaban J connectivity index is 2.05. The summed E-state index contributed by atoms with van der Waals surface area (Å²) < 4.78 is 23.2. The number of sulfone groups is 1. The zero-order valence-electron chi connectivity index (χ0n) is 8.86. The summed E-state index contributed by atoms with van der Waals surface area (Å²) in [5.41, 5.74) is 0. The first-order valence-corrected chi connectivity index (χ1v) is 8.10. The molecule has 1 aromatic heterocycles. The van der Waals surface area contributed by atoms with Crippen molar-refractivity contribution < 1.29 is 8.42 Å². The van der Waals surface area contributed by atoms with E-state index in [1.807, 2.05) is 0 Å². The zero-order valence-corrected chi connectivity index (χ0v) is 12.0. The Hall–Kier alpha value is -0.400. The zero-order chi connectivity index (χ0) is 12.5. The molecule has 94 valence electrons. The highest BCUT2D eigenvalue weighted by Crippen LogP contribution is 2.27. The molecule has 1 N–H and O–H groups in total. The maximum Gasteiger partial charge on any atom is 0.150 e. The van der Waals surface area contributed by atoms with E-state index in [0.29, 0.717) is 28.3 Å². The number of anilines is 1. The van der Waals surface area contributed by atoms with E-state index in [-0.39, 0.29) is 17.5 Å². The van der Waals surface area contributed by atoms with Gasteiger partial charge in [0.1, 0.15) is 27.1 Å². The molecule has 1 aromatic rings. The van der Waals surface area contributed by atoms with E-state index in [1.165, 1.54) is 6.33 Å². The molecule has 0 aromatic carbocycles. The van der Waals surface area contributed by atoms with Crippen LogP contribution in [0.15, 0.2) is 10.8 Å². The van der Waals surface area contributed by atoms with Gasteiger partial charge in [0.2, 0.25) is 0 Å². The third kappa shape index (κ3) is 3.29. The number of hydrogen-bond acceptors (Lipinski definition) is 5. The molecule has 2 heterocycles. The average molecular weight is 341 g/mol. The Labute approximate surface area is 113 Å². The highest BCUT2D eigenvalue weighted by Gasteiger charge is 2.24. The Kier molecular flexibility index (Phi) is 3.89. The van der Waals surface area contributed by atoms with Crippen LogP contribution in [0.25, 0.3) is 0 Å². The van der Waals surface area contributed by atoms with Gasteiger partial charge < -0.3 is 5.32 Å². The summed E-state index contributed by atoms with van der Waals surface area (Å²) in [5, 5.41) is 3.52. The van der Waals surface area contributed by atoms with Gasteiger partial charge in [-0.3, -0.25) is 0 Å². The lowest BCUT2D eigenvalue weighted by Gasteiger charge is -2.23. The fourth-order valence-electron chi connectivity index (χ4n) is 1.68. The van der Waals surface area contributed by atoms with Crippen molar-refractivity contribution in [2.24, 2.45) is 0 Å². The van der Waals surface area contributed by atoms with Gasteiger partial charge in [-0.25, -0.2) is 18.4 Å². The largest absolute Gasteiger partial charge is 0.366 e. The maximum atomic E-state index is 11.3. The molecule has 2 rings (SSSR count). The molecule has 1 fully saturated rings. The van der Waals surface area contributed by atoms with E-state index in [0.717, 1.165) is 0 Å². The van der Waals surface area contributed by atoms with Crippen molar-refractivity contribution in [3.8, 4) is 0 Å². The molecule has 1 aliphatic rings. The third-order valence-corrected chi connectivity index (χ3v) is 5.62. The van der Waals surface area contributed by atoms with E-state index in [1.54, 1.807) is 0 Å². The molecule has 0 atom stereocenters. The minimum Gasteiger partial charge on any atom is -0.366 e. The molecular weight excluding hydrogens is 330 g/mol. The molecule has 0 amide bonds. The number of nitrogens with zero attached hydrogens (tertiary/aromatic N) is 2. The minimum atomic E-state index is -2.84. The fourth-order valence-corrected chi connectivity index (χ4v) is 3.62. The average Bonchev–Trinajstić information content (AvgIpc) is 2.27. The second-order valence-corrected chi connectivity index (χ2v) is 7.35. The van der Waals surface area contributed by atoms with Crippen LogP contribution in [0.3, 0.4) is 0 Å². The lowest BCUT2D eigenvalue weighted by Crippen LogP contribution is -2.32. The second-order valence-electron chi connectivity index (χ2n) is 3.90. The van der Waals surface area contributed by atoms with E-state index < -0.39 is 9.84 Å². The third-order valence-electron chi connectivity index (χ3n) is 2.64. The lowest BCUT2D eigenvalue weighted by molar-refractivity contribution is 0.559. The normalized spacial score (nSPS) is 20.1. The fraction of sp³-hybridized carbons (Fsp3) is 0.556. The van der Waals surface area contributed by atoms with E-state index in [9.17, 15) is 8.42 Å². The van der Waals surface area contributed by atoms with Crippen molar-refractivity contribution in [1.29, 1.82) is 0 Å². The van der Waals surface area contributed by atoms with Gasteiger partial charge in [0.05, 0.1) is 16.0 Å². The number of nitrogens with one attached hydrogen (secondary N) is 1. The molecule has 0 unspecified atom stereocenters. The Morgan fingerprint density at radius 2 is 2.00 bits per heavy atom. The quantitative estimate of drug-likeness (QED) is 0.832. The topological polar surface area (TPSA) is 72.0 Å². The van der Waals surface area contributed by atoms with Crippen LogP contribution in [-0.2, 0) is 9.84 Å². The summed E-state index contributed by atoms with van der Waals surface area (Å²) in [6, 6.07) is 0.112. The molecular formula is C9H11BrClN3O2S. The van der Waals surface area contributed by atoms with Gasteiger partial charge in [0.15, 0.2) is 0 Å². The summed E-state index contributed by atoms with van der Waals surface area (Å²) in [6.45, 7) is 0. The minimum absolute atomic E-state index is 0.112. The molecule has 1 aliphatic heterocycles. The van der Waals surface area contributed by atoms with Gasteiger partial charge in [-0.15, -0.1) is 0 Å². The first-order chi connectivity index (χ1) is 7.98. The van der Waals surface area contributed by atoms with Crippen LogP contribution in [0.1, 0.15) is 12.8 Å². The van der Waals surface area contributed by atoms with E-state index in [2.05, 4.69) is 31.2 Å². The Bertz CT molecular complexity index is 509. The van der Waals surface area contributed by atoms with Crippen molar-refractivity contribution in [1.82, 2.24) is 9.97 Å². The Morgan fingerprint density at radius 3 is 2.65 bits per heavy atom. The first-order valence-electron chi connectivity index (χ1n) is 5.11. The maximum absolute atomic E-state index is 11.3. The van der Waals surface area contributed by atoms with Gasteiger partial charge in [-0.2, -0.15) is 0 Å². The standard InChI is InChI=1S/C9H11BrClN3O2S/c10-7-8(11)12-5-13-9(7)14-6-1-3-17(15,16)4-2-6/h5-6H,1-4H2,(H,12,13,14). The first kappa shape index (κ1) is 13.0. The summed E-state index contributed by atoms with van der Waals surface area (Å²) >= 11 is 9.13. The van der Waals surface area contributed by atoms with Gasteiger partial charge in [0, 0.05) is 6.04 Å². The molecule has 0 aliphatic carbocycles. The van der Waals surface area contributed by atoms with E-state index in [4.69, 9.17) is 11.6 Å². The predicted octanol–water partition coefficient (Wildman–Crippen LogP) is 1.88. The van der Waals surface area contributed by atoms with Crippen LogP contribution in [0.4, 0.5) is 5.82 Å². The number of rotatable bonds is 2. The highest BCUT2D eigenvalue weighted by molar-refractivity contribution is 9.10. The number of aromatic nitrogens is 2. The lowest BCUT2D eigenvalue weighted by atomic mass is 10.1. The van der Waals surface area contributed by atoms with Crippen LogP contribution < -0.4 is 5.32 Å². The number of hydrogen-bond donors (Lipinski definition) is 1. The van der Waals surface area contributed by atoms with Crippen molar-refractivity contribution in [3.05, 3.63) is 16.0 Å². The molecule has 0 bridgehead atoms. The summed E-state index contributed by atoms with van der Waals surface area (Å²) in [7, 11) is -2.84. The van der Waals surface area contributed by atoms with Gasteiger partial charge in [-0.1, -0.05) is 11.6 Å². The summed E-state index contributed by atoms with van der Waals surface area (Å²) in [6.07, 6.45) is 2.56. The predicted molar refractivity (Wildman–Crippen MR) is 70.0 cm³/mol. The van der Waals surface area contributed by atoms with Crippen molar-refractivity contribution in [2.75, 3.05) is 16.8 Å². The molecule has 0 radical (unpaired) electrons. The van der Waals surface area contributed by atoms with Crippen molar-refractivity contribution >= 4 is 43.2 Å². The molecule has 17 heavy (non-hydrogen) atoms. The van der Waals surface area contributed by atoms with Crippen LogP contribution in [0.2, 0.25) is 5.15 Å². The van der Waals surface area contributed by atoms with Crippen LogP contribution >= 0.6 is 27.5 Å². The highest BCUT2D eigenvalue weighted by atomic mass is 79.9. The summed E-state index contributed by atoms with van der Waals surface area (Å²) in [5.74, 6) is 1.05. The number of halogens is 2. The molecule has 0 spiro atoms. The monoisotopic (exact) mass is 339 g/mol. The van der Waals surface area contributed by atoms with Crippen LogP contribution in [0, 0.1) is 0 Å². The van der Waals surface area contributed by atoms with Crippen LogP contribution in [-0.4, -0.2) is 35.9 Å². The summed E-state index contributed by atoms with van der Waals surface area (Å²) in [4.78, 5) is 7.89. The van der Waals surface area contributed by atoms with Crippen molar-refractivity contribution in [2.45, 2.75) is 18.9 Å².